The summed E-state index contributed by atoms with van der Waals surface area (Å²) in [6, 6.07) is 0. The number of nitrogens with zero attached hydrogens (tertiary/aromatic N) is 1. The predicted molar refractivity (Wildman–Crippen MR) is 66.6 cm³/mol. The van der Waals surface area contributed by atoms with E-state index in [0.717, 1.165) is 0 Å². The average molecular weight is 323 g/mol. The number of carbonyl (C=O) groups is 1. The van der Waals surface area contributed by atoms with Gasteiger partial charge >= 0.3 is 5.97 Å². The van der Waals surface area contributed by atoms with Gasteiger partial charge in [-0.05, 0) is 6.92 Å². The van der Waals surface area contributed by atoms with Crippen molar-refractivity contribution in [1.82, 2.24) is 4.98 Å². The van der Waals surface area contributed by atoms with Crippen LogP contribution in [0.2, 0.25) is 0 Å². The molecule has 0 aromatic carbocycles. The van der Waals surface area contributed by atoms with Gasteiger partial charge in [-0.1, -0.05) is 15.9 Å². The Morgan fingerprint density at radius 3 is 2.78 bits per heavy atom. The predicted octanol–water partition coefficient (Wildman–Crippen LogP) is 2.60. The Hall–Kier alpha value is -1.24. The van der Waals surface area contributed by atoms with Gasteiger partial charge in [-0.3, -0.25) is 9.78 Å². The van der Waals surface area contributed by atoms with Crippen molar-refractivity contribution in [3.63, 3.8) is 0 Å². The zero-order chi connectivity index (χ0) is 13.7. The molecule has 18 heavy (non-hydrogen) atoms. The lowest BCUT2D eigenvalue weighted by Crippen LogP contribution is -2.12. The van der Waals surface area contributed by atoms with Crippen LogP contribution in [0.1, 0.15) is 30.2 Å². The topological polar surface area (TPSA) is 65.2 Å². The van der Waals surface area contributed by atoms with Gasteiger partial charge in [0.05, 0.1) is 24.3 Å². The van der Waals surface area contributed by atoms with E-state index in [2.05, 4.69) is 20.9 Å². The molecule has 2 N–H and O–H groups in total. The number of carbonyl (C=O) groups excluding carboxylic acids is 1. The van der Waals surface area contributed by atoms with Crippen LogP contribution in [-0.2, 0) is 21.3 Å². The largest absolute Gasteiger partial charge is 0.466 e. The minimum absolute atomic E-state index is 0.0949. The number of ether oxygens (including phenoxy) is 1. The van der Waals surface area contributed by atoms with Crippen LogP contribution in [0.4, 0.5) is 14.5 Å². The highest BCUT2D eigenvalue weighted by Crippen LogP contribution is 2.31. The molecule has 0 radical (unpaired) electrons. The van der Waals surface area contributed by atoms with Crippen LogP contribution in [0.25, 0.3) is 0 Å². The number of anilines is 1. The summed E-state index contributed by atoms with van der Waals surface area (Å²) in [5, 5.41) is 0.177. The van der Waals surface area contributed by atoms with Crippen molar-refractivity contribution < 1.29 is 18.3 Å². The number of pyridine rings is 1. The van der Waals surface area contributed by atoms with Gasteiger partial charge in [-0.25, -0.2) is 8.78 Å². The second kappa shape index (κ2) is 6.63. The van der Waals surface area contributed by atoms with Crippen LogP contribution >= 0.6 is 15.9 Å². The van der Waals surface area contributed by atoms with E-state index in [-0.39, 0.29) is 40.9 Å². The summed E-state index contributed by atoms with van der Waals surface area (Å²) in [5.41, 5.74) is 5.67. The third-order valence-electron chi connectivity index (χ3n) is 2.31. The quantitative estimate of drug-likeness (QED) is 0.668. The van der Waals surface area contributed by atoms with E-state index in [9.17, 15) is 13.6 Å². The highest BCUT2D eigenvalue weighted by Gasteiger charge is 2.21. The maximum atomic E-state index is 12.9. The standard InChI is InChI=1S/C11H13BrF2N2O2/c1-2-18-8(17)3-6-5-16-7(4-12)9(10(6)15)11(13)14/h5,11H,2-4H2,1H3,(H2,15,16). The SMILES string of the molecule is CCOC(=O)Cc1cnc(CBr)c(C(F)F)c1N. The third-order valence-corrected chi connectivity index (χ3v) is 2.84. The molecule has 0 saturated carbocycles. The van der Waals surface area contributed by atoms with Crippen LogP contribution in [0.3, 0.4) is 0 Å². The molecular weight excluding hydrogens is 310 g/mol. The first-order valence-electron chi connectivity index (χ1n) is 5.27. The molecule has 0 aliphatic carbocycles. The van der Waals surface area contributed by atoms with Gasteiger partial charge in [0.25, 0.3) is 6.43 Å². The van der Waals surface area contributed by atoms with Gasteiger partial charge in [0.2, 0.25) is 0 Å². The first kappa shape index (κ1) is 14.8. The van der Waals surface area contributed by atoms with Crippen LogP contribution in [-0.4, -0.2) is 17.6 Å². The number of aromatic nitrogens is 1. The van der Waals surface area contributed by atoms with Crippen molar-refractivity contribution in [3.05, 3.63) is 23.0 Å². The van der Waals surface area contributed by atoms with Gasteiger partial charge in [-0.2, -0.15) is 0 Å². The lowest BCUT2D eigenvalue weighted by Gasteiger charge is -2.13. The zero-order valence-corrected chi connectivity index (χ0v) is 11.3. The number of hydrogen-bond acceptors (Lipinski definition) is 4. The molecule has 0 fully saturated rings. The fraction of sp³-hybridized carbons (Fsp3) is 0.455. The molecule has 7 heteroatoms. The van der Waals surface area contributed by atoms with Crippen molar-refractivity contribution >= 4 is 27.6 Å². The van der Waals surface area contributed by atoms with Gasteiger partial charge < -0.3 is 10.5 Å². The fourth-order valence-electron chi connectivity index (χ4n) is 1.48. The molecule has 100 valence electrons. The smallest absolute Gasteiger partial charge is 0.310 e. The highest BCUT2D eigenvalue weighted by atomic mass is 79.9. The fourth-order valence-corrected chi connectivity index (χ4v) is 1.93. The van der Waals surface area contributed by atoms with Crippen molar-refractivity contribution in [2.24, 2.45) is 0 Å². The summed E-state index contributed by atoms with van der Waals surface area (Å²) in [5.74, 6) is -0.516. The monoisotopic (exact) mass is 322 g/mol. The van der Waals surface area contributed by atoms with Crippen LogP contribution in [0.15, 0.2) is 6.20 Å². The molecule has 0 amide bonds. The number of esters is 1. The van der Waals surface area contributed by atoms with E-state index < -0.39 is 12.4 Å². The first-order chi connectivity index (χ1) is 8.51. The van der Waals surface area contributed by atoms with Crippen LogP contribution in [0.5, 0.6) is 0 Å². The van der Waals surface area contributed by atoms with Gasteiger partial charge in [-0.15, -0.1) is 0 Å². The van der Waals surface area contributed by atoms with Gasteiger partial charge in [0, 0.05) is 22.8 Å². The molecular formula is C11H13BrF2N2O2. The number of halogens is 3. The molecule has 0 spiro atoms. The lowest BCUT2D eigenvalue weighted by atomic mass is 10.1. The van der Waals surface area contributed by atoms with Crippen LogP contribution in [0, 0.1) is 0 Å². The third kappa shape index (κ3) is 3.38. The normalized spacial score (nSPS) is 10.7. The Kier molecular flexibility index (Phi) is 5.46. The summed E-state index contributed by atoms with van der Waals surface area (Å²) in [4.78, 5) is 15.2. The Bertz CT molecular complexity index is 441. The van der Waals surface area contributed by atoms with Crippen molar-refractivity contribution in [1.29, 1.82) is 0 Å². The average Bonchev–Trinajstić information content (AvgIpc) is 2.31. The Balaban J connectivity index is 3.08. The molecule has 0 aliphatic heterocycles. The van der Waals surface area contributed by atoms with Gasteiger partial charge in [0.1, 0.15) is 0 Å². The molecule has 1 rings (SSSR count). The van der Waals surface area contributed by atoms with E-state index in [1.54, 1.807) is 6.92 Å². The Morgan fingerprint density at radius 2 is 2.28 bits per heavy atom. The van der Waals surface area contributed by atoms with Crippen molar-refractivity contribution in [3.8, 4) is 0 Å². The number of alkyl halides is 3. The summed E-state index contributed by atoms with van der Waals surface area (Å²) < 4.78 is 30.5. The first-order valence-corrected chi connectivity index (χ1v) is 6.39. The summed E-state index contributed by atoms with van der Waals surface area (Å²) in [6.45, 7) is 1.89. The van der Waals surface area contributed by atoms with E-state index in [0.29, 0.717) is 0 Å². The second-order valence-corrected chi connectivity index (χ2v) is 4.03. The molecule has 1 heterocycles. The Morgan fingerprint density at radius 1 is 1.61 bits per heavy atom. The van der Waals surface area contributed by atoms with Crippen molar-refractivity contribution in [2.45, 2.75) is 25.1 Å². The van der Waals surface area contributed by atoms with E-state index >= 15 is 0 Å². The number of hydrogen-bond donors (Lipinski definition) is 1. The second-order valence-electron chi connectivity index (χ2n) is 3.47. The summed E-state index contributed by atoms with van der Waals surface area (Å²) in [6.07, 6.45) is -1.56. The molecule has 4 nitrogen and oxygen atoms in total. The minimum atomic E-state index is -2.73. The number of nitrogens with two attached hydrogens (primary N) is 1. The molecule has 0 saturated heterocycles. The van der Waals surface area contributed by atoms with Gasteiger partial charge in [0.15, 0.2) is 0 Å². The molecule has 0 aliphatic rings. The molecule has 1 aromatic rings. The zero-order valence-electron chi connectivity index (χ0n) is 9.75. The summed E-state index contributed by atoms with van der Waals surface area (Å²) in [7, 11) is 0. The molecule has 0 bridgehead atoms. The molecule has 0 atom stereocenters. The van der Waals surface area contributed by atoms with E-state index in [1.807, 2.05) is 0 Å². The number of rotatable bonds is 5. The minimum Gasteiger partial charge on any atom is -0.466 e. The van der Waals surface area contributed by atoms with Crippen LogP contribution < -0.4 is 5.73 Å². The molecule has 0 unspecified atom stereocenters. The molecule has 1 aromatic heterocycles. The highest BCUT2D eigenvalue weighted by molar-refractivity contribution is 9.08. The maximum absolute atomic E-state index is 12.9. The maximum Gasteiger partial charge on any atom is 0.310 e. The van der Waals surface area contributed by atoms with Crippen molar-refractivity contribution in [2.75, 3.05) is 12.3 Å². The number of nitrogen functional groups attached to an aromatic ring is 1. The van der Waals surface area contributed by atoms with E-state index in [4.69, 9.17) is 10.5 Å². The van der Waals surface area contributed by atoms with E-state index in [1.165, 1.54) is 6.20 Å². The Labute approximate surface area is 112 Å². The lowest BCUT2D eigenvalue weighted by molar-refractivity contribution is -0.142. The summed E-state index contributed by atoms with van der Waals surface area (Å²) >= 11 is 3.07.